The Morgan fingerprint density at radius 3 is 1.29 bits per heavy atom. The van der Waals surface area contributed by atoms with Crippen LogP contribution in [0.2, 0.25) is 0 Å². The lowest BCUT2D eigenvalue weighted by atomic mass is 9.88. The first kappa shape index (κ1) is 47.7. The number of benzene rings is 12. The summed E-state index contributed by atoms with van der Waals surface area (Å²) in [6, 6.07) is 81.9. The molecule has 12 aromatic carbocycles. The summed E-state index contributed by atoms with van der Waals surface area (Å²) in [6.07, 6.45) is 1.96. The quantitative estimate of drug-likeness (QED) is 0.142. The fourth-order valence-electron chi connectivity index (χ4n) is 12.7. The highest BCUT2D eigenvalue weighted by Crippen LogP contribution is 2.44. The SMILES string of the molecule is Cc1cc(C)c(-c2ccc3c(c2)c2cc(-c4c(C)cc(C)cc4C)ccc2c2nc(-c4cccc(-c5cc(-c6cccc(-c7ccccc7)c6)cc6c5oc5ccc(-c7cccc(-c8ccccc8)c7)cc56)c4)cnc32)c(C)c1. The van der Waals surface area contributed by atoms with E-state index in [1.165, 1.54) is 83.3 Å². The zero-order valence-electron chi connectivity index (χ0n) is 45.2. The molecule has 0 fully saturated rings. The summed E-state index contributed by atoms with van der Waals surface area (Å²) >= 11 is 0. The molecule has 14 rings (SSSR count). The standard InChI is InChI=1S/C76H56N2O/c1-45-32-47(3)72(48(4)33-45)60-26-29-63-66(40-60)67-41-61(73-49(5)34-46(2)35-50(73)6)27-30-64(67)75-74(63)77-44-70(78-75)59-25-15-24-58(38-59)65-42-62(56-23-14-21-54(37-56)52-18-11-8-12-19-52)43-69-68-39-57(28-31-71(68)79-76(65)69)55-22-13-20-53(36-55)51-16-9-7-10-17-51/h7-44H,1-6H3. The number of nitrogens with zero attached hydrogens (tertiary/aromatic N) is 2. The second-order valence-corrected chi connectivity index (χ2v) is 21.7. The van der Waals surface area contributed by atoms with Crippen molar-refractivity contribution in [2.24, 2.45) is 0 Å². The van der Waals surface area contributed by atoms with Gasteiger partial charge in [-0.25, -0.2) is 4.98 Å². The van der Waals surface area contributed by atoms with Crippen LogP contribution >= 0.6 is 0 Å². The molecule has 2 heterocycles. The maximum Gasteiger partial charge on any atom is 0.143 e. The normalized spacial score (nSPS) is 11.7. The molecular weight excluding hydrogens is 957 g/mol. The molecule has 0 saturated heterocycles. The molecule has 79 heavy (non-hydrogen) atoms. The van der Waals surface area contributed by atoms with Gasteiger partial charge in [0.2, 0.25) is 0 Å². The Balaban J connectivity index is 0.942. The van der Waals surface area contributed by atoms with Crippen LogP contribution in [0, 0.1) is 41.5 Å². The lowest BCUT2D eigenvalue weighted by Crippen LogP contribution is -1.95. The van der Waals surface area contributed by atoms with Crippen molar-refractivity contribution in [1.82, 2.24) is 9.97 Å². The smallest absolute Gasteiger partial charge is 0.143 e. The van der Waals surface area contributed by atoms with Crippen LogP contribution in [0.4, 0.5) is 0 Å². The largest absolute Gasteiger partial charge is 0.455 e. The van der Waals surface area contributed by atoms with Crippen molar-refractivity contribution in [3.8, 4) is 89.1 Å². The summed E-state index contributed by atoms with van der Waals surface area (Å²) in [5, 5.41) is 6.63. The maximum absolute atomic E-state index is 6.99. The van der Waals surface area contributed by atoms with E-state index in [2.05, 4.69) is 266 Å². The second-order valence-electron chi connectivity index (χ2n) is 21.7. The van der Waals surface area contributed by atoms with Gasteiger partial charge in [0.25, 0.3) is 0 Å². The zero-order valence-corrected chi connectivity index (χ0v) is 45.2. The Morgan fingerprint density at radius 1 is 0.291 bits per heavy atom. The van der Waals surface area contributed by atoms with Crippen LogP contribution in [-0.4, -0.2) is 9.97 Å². The van der Waals surface area contributed by atoms with Gasteiger partial charge in [-0.05, 0) is 201 Å². The van der Waals surface area contributed by atoms with Gasteiger partial charge in [0.1, 0.15) is 11.2 Å². The first-order valence-electron chi connectivity index (χ1n) is 27.3. The monoisotopic (exact) mass is 1010 g/mol. The first-order chi connectivity index (χ1) is 38.6. The fourth-order valence-corrected chi connectivity index (χ4v) is 12.7. The number of hydrogen-bond donors (Lipinski definition) is 0. The van der Waals surface area contributed by atoms with Crippen molar-refractivity contribution in [2.75, 3.05) is 0 Å². The number of fused-ring (bicyclic) bond motifs is 9. The van der Waals surface area contributed by atoms with Crippen LogP contribution < -0.4 is 0 Å². The van der Waals surface area contributed by atoms with Crippen LogP contribution in [-0.2, 0) is 0 Å². The minimum absolute atomic E-state index is 0.807. The Hall–Kier alpha value is -9.70. The third kappa shape index (κ3) is 8.47. The van der Waals surface area contributed by atoms with Crippen molar-refractivity contribution >= 4 is 54.5 Å². The van der Waals surface area contributed by atoms with E-state index in [0.717, 1.165) is 93.8 Å². The van der Waals surface area contributed by atoms with E-state index in [9.17, 15) is 0 Å². The van der Waals surface area contributed by atoms with Crippen LogP contribution in [0.15, 0.2) is 235 Å². The van der Waals surface area contributed by atoms with E-state index in [1.807, 2.05) is 6.20 Å². The number of hydrogen-bond acceptors (Lipinski definition) is 3. The van der Waals surface area contributed by atoms with Gasteiger partial charge in [-0.2, -0.15) is 0 Å². The molecule has 2 aromatic heterocycles. The minimum Gasteiger partial charge on any atom is -0.455 e. The van der Waals surface area contributed by atoms with Crippen molar-refractivity contribution in [3.63, 3.8) is 0 Å². The summed E-state index contributed by atoms with van der Waals surface area (Å²) in [5.74, 6) is 0. The predicted molar refractivity (Wildman–Crippen MR) is 334 cm³/mol. The van der Waals surface area contributed by atoms with Crippen LogP contribution in [0.5, 0.6) is 0 Å². The molecule has 0 amide bonds. The van der Waals surface area contributed by atoms with Gasteiger partial charge in [-0.3, -0.25) is 4.98 Å². The van der Waals surface area contributed by atoms with Crippen LogP contribution in [0.1, 0.15) is 33.4 Å². The Bertz CT molecular complexity index is 4730. The van der Waals surface area contributed by atoms with E-state index >= 15 is 0 Å². The number of furan rings is 1. The fraction of sp³-hybridized carbons (Fsp3) is 0.0789. The third-order valence-electron chi connectivity index (χ3n) is 16.2. The van der Waals surface area contributed by atoms with E-state index < -0.39 is 0 Å². The van der Waals surface area contributed by atoms with E-state index in [0.29, 0.717) is 0 Å². The topological polar surface area (TPSA) is 38.9 Å². The molecule has 0 radical (unpaired) electrons. The zero-order chi connectivity index (χ0) is 53.5. The molecule has 0 spiro atoms. The summed E-state index contributed by atoms with van der Waals surface area (Å²) in [5.41, 5.74) is 29.2. The highest BCUT2D eigenvalue weighted by molar-refractivity contribution is 6.24. The minimum atomic E-state index is 0.807. The predicted octanol–water partition coefficient (Wildman–Crippen LogP) is 21.0. The van der Waals surface area contributed by atoms with Crippen LogP contribution in [0.3, 0.4) is 0 Å². The van der Waals surface area contributed by atoms with Crippen molar-refractivity contribution in [3.05, 3.63) is 264 Å². The summed E-state index contributed by atoms with van der Waals surface area (Å²) in [4.78, 5) is 11.0. The van der Waals surface area contributed by atoms with E-state index in [4.69, 9.17) is 14.4 Å². The maximum atomic E-state index is 6.99. The van der Waals surface area contributed by atoms with Gasteiger partial charge in [-0.1, -0.05) is 181 Å². The summed E-state index contributed by atoms with van der Waals surface area (Å²) < 4.78 is 6.99. The summed E-state index contributed by atoms with van der Waals surface area (Å²) in [6.45, 7) is 13.3. The molecule has 3 nitrogen and oxygen atoms in total. The molecule has 14 aromatic rings. The Morgan fingerprint density at radius 2 is 0.722 bits per heavy atom. The average Bonchev–Trinajstić information content (AvgIpc) is 4.10. The van der Waals surface area contributed by atoms with Gasteiger partial charge in [0, 0.05) is 32.7 Å². The summed E-state index contributed by atoms with van der Waals surface area (Å²) in [7, 11) is 0. The van der Waals surface area contributed by atoms with Gasteiger partial charge < -0.3 is 4.42 Å². The highest BCUT2D eigenvalue weighted by atomic mass is 16.3. The molecule has 0 aliphatic rings. The molecule has 0 bridgehead atoms. The van der Waals surface area contributed by atoms with Gasteiger partial charge >= 0.3 is 0 Å². The number of aromatic nitrogens is 2. The van der Waals surface area contributed by atoms with E-state index in [1.54, 1.807) is 0 Å². The number of rotatable bonds is 8. The molecule has 0 unspecified atom stereocenters. The highest BCUT2D eigenvalue weighted by Gasteiger charge is 2.20. The van der Waals surface area contributed by atoms with Crippen LogP contribution in [0.25, 0.3) is 144 Å². The molecule has 0 saturated carbocycles. The first-order valence-corrected chi connectivity index (χ1v) is 27.3. The molecule has 0 atom stereocenters. The molecular formula is C76H56N2O. The Kier molecular flexibility index (Phi) is 11.5. The lowest BCUT2D eigenvalue weighted by Gasteiger charge is -2.17. The third-order valence-corrected chi connectivity index (χ3v) is 16.2. The molecule has 0 aliphatic heterocycles. The van der Waals surface area contributed by atoms with Gasteiger partial charge in [-0.15, -0.1) is 0 Å². The molecule has 376 valence electrons. The molecule has 3 heteroatoms. The van der Waals surface area contributed by atoms with Crippen molar-refractivity contribution in [2.45, 2.75) is 41.5 Å². The average molecular weight is 1010 g/mol. The number of aryl methyl sites for hydroxylation is 6. The van der Waals surface area contributed by atoms with E-state index in [-0.39, 0.29) is 0 Å². The van der Waals surface area contributed by atoms with Gasteiger partial charge in [0.15, 0.2) is 0 Å². The van der Waals surface area contributed by atoms with Crippen molar-refractivity contribution < 1.29 is 4.42 Å². The Labute approximate surface area is 461 Å². The molecule has 0 N–H and O–H groups in total. The molecule has 0 aliphatic carbocycles. The lowest BCUT2D eigenvalue weighted by molar-refractivity contribution is 0.670. The van der Waals surface area contributed by atoms with Gasteiger partial charge in [0.05, 0.1) is 22.9 Å². The second kappa shape index (κ2) is 19.1. The van der Waals surface area contributed by atoms with Crippen molar-refractivity contribution in [1.29, 1.82) is 0 Å².